The van der Waals surface area contributed by atoms with E-state index < -0.39 is 16.7 Å². The molecular formula is C16H16FN3O2. The van der Waals surface area contributed by atoms with Crippen LogP contribution in [0.25, 0.3) is 0 Å². The highest BCUT2D eigenvalue weighted by atomic mass is 19.1. The molecule has 1 unspecified atom stereocenters. The Morgan fingerprint density at radius 1 is 1.45 bits per heavy atom. The van der Waals surface area contributed by atoms with Crippen molar-refractivity contribution < 1.29 is 9.31 Å². The van der Waals surface area contributed by atoms with E-state index >= 15 is 0 Å². The summed E-state index contributed by atoms with van der Waals surface area (Å²) in [6.07, 6.45) is 6.87. The summed E-state index contributed by atoms with van der Waals surface area (Å²) in [5, 5.41) is 11.2. The Balaban J connectivity index is 2.65. The molecule has 1 atom stereocenters. The van der Waals surface area contributed by atoms with E-state index in [-0.39, 0.29) is 11.3 Å². The summed E-state index contributed by atoms with van der Waals surface area (Å²) in [5.74, 6) is -1.17. The van der Waals surface area contributed by atoms with Crippen LogP contribution in [-0.2, 0) is 0 Å². The third-order valence-electron chi connectivity index (χ3n) is 3.24. The Kier molecular flexibility index (Phi) is 4.73. The first kappa shape index (κ1) is 15.5. The van der Waals surface area contributed by atoms with E-state index in [0.29, 0.717) is 11.4 Å². The lowest BCUT2D eigenvalue weighted by molar-refractivity contribution is -0.385. The van der Waals surface area contributed by atoms with Crippen molar-refractivity contribution in [2.45, 2.75) is 12.8 Å². The molecule has 2 aromatic rings. The molecule has 0 aliphatic carbocycles. The van der Waals surface area contributed by atoms with Gasteiger partial charge in [0.15, 0.2) is 0 Å². The van der Waals surface area contributed by atoms with Crippen LogP contribution in [0.2, 0.25) is 0 Å². The second kappa shape index (κ2) is 6.71. The van der Waals surface area contributed by atoms with Crippen molar-refractivity contribution in [2.75, 3.05) is 0 Å². The van der Waals surface area contributed by atoms with Crippen LogP contribution in [0, 0.1) is 15.9 Å². The minimum absolute atomic E-state index is 0.169. The third kappa shape index (κ3) is 3.22. The number of benzene rings is 1. The molecule has 0 aliphatic rings. The minimum atomic E-state index is -0.623. The first-order valence-electron chi connectivity index (χ1n) is 6.70. The van der Waals surface area contributed by atoms with Gasteiger partial charge in [-0.3, -0.25) is 10.1 Å². The maximum Gasteiger partial charge on any atom is 0.273 e. The summed E-state index contributed by atoms with van der Waals surface area (Å²) in [4.78, 5) is 13.7. The van der Waals surface area contributed by atoms with Gasteiger partial charge in [-0.1, -0.05) is 12.2 Å². The molecule has 114 valence electrons. The third-order valence-corrected chi connectivity index (χ3v) is 3.24. The maximum absolute atomic E-state index is 13.6. The molecule has 1 aromatic heterocycles. The monoisotopic (exact) mass is 301 g/mol. The summed E-state index contributed by atoms with van der Waals surface area (Å²) in [6, 6.07) is 6.90. The van der Waals surface area contributed by atoms with Crippen LogP contribution in [0.15, 0.2) is 60.5 Å². The topological polar surface area (TPSA) is 85.0 Å². The van der Waals surface area contributed by atoms with Gasteiger partial charge in [0.25, 0.3) is 5.69 Å². The van der Waals surface area contributed by atoms with Crippen LogP contribution in [0.1, 0.15) is 24.1 Å². The fourth-order valence-corrected chi connectivity index (χ4v) is 2.28. The second-order valence-electron chi connectivity index (χ2n) is 4.71. The number of nitro groups is 1. The highest BCUT2D eigenvalue weighted by Crippen LogP contribution is 2.35. The number of hydrogen-bond acceptors (Lipinski definition) is 3. The van der Waals surface area contributed by atoms with Gasteiger partial charge in [0.2, 0.25) is 0 Å². The molecular weight excluding hydrogens is 285 g/mol. The molecule has 1 heterocycles. The first-order chi connectivity index (χ1) is 10.5. The van der Waals surface area contributed by atoms with Crippen molar-refractivity contribution in [1.29, 1.82) is 0 Å². The van der Waals surface area contributed by atoms with E-state index in [2.05, 4.69) is 4.98 Å². The van der Waals surface area contributed by atoms with Gasteiger partial charge < -0.3 is 10.7 Å². The summed E-state index contributed by atoms with van der Waals surface area (Å²) >= 11 is 0. The first-order valence-corrected chi connectivity index (χ1v) is 6.70. The Morgan fingerprint density at radius 2 is 2.23 bits per heavy atom. The van der Waals surface area contributed by atoms with Crippen LogP contribution in [0.4, 0.5) is 10.1 Å². The summed E-state index contributed by atoms with van der Waals surface area (Å²) in [7, 11) is 0. The molecule has 0 aliphatic heterocycles. The van der Waals surface area contributed by atoms with Crippen molar-refractivity contribution in [3.05, 3.63) is 87.6 Å². The molecule has 0 bridgehead atoms. The molecule has 1 aromatic carbocycles. The number of nitrogens with zero attached hydrogens (tertiary/aromatic N) is 1. The Morgan fingerprint density at radius 3 is 2.82 bits per heavy atom. The standard InChI is InChI=1S/C16H16FN3O2/c1-2-3-5-13(18)16(14-6-4-9-19-14)12-10-11(17)7-8-15(12)20(21)22/h2-10,16,19H,18H2,1H3/b3-2-,13-5-. The maximum atomic E-state index is 13.6. The number of halogens is 1. The van der Waals surface area contributed by atoms with Gasteiger partial charge in [-0.05, 0) is 37.3 Å². The van der Waals surface area contributed by atoms with Crippen molar-refractivity contribution in [3.8, 4) is 0 Å². The molecule has 0 amide bonds. The molecule has 0 radical (unpaired) electrons. The summed E-state index contributed by atoms with van der Waals surface area (Å²) in [6.45, 7) is 1.83. The number of nitrogens with one attached hydrogen (secondary N) is 1. The van der Waals surface area contributed by atoms with Crippen LogP contribution in [0.3, 0.4) is 0 Å². The lowest BCUT2D eigenvalue weighted by Crippen LogP contribution is -2.14. The van der Waals surface area contributed by atoms with Gasteiger partial charge in [0.1, 0.15) is 5.82 Å². The van der Waals surface area contributed by atoms with Crippen LogP contribution in [0.5, 0.6) is 0 Å². The molecule has 2 rings (SSSR count). The smallest absolute Gasteiger partial charge is 0.273 e. The largest absolute Gasteiger partial charge is 0.401 e. The Bertz CT molecular complexity index is 721. The molecule has 6 heteroatoms. The number of hydrogen-bond donors (Lipinski definition) is 2. The van der Waals surface area contributed by atoms with E-state index in [1.807, 2.05) is 6.92 Å². The van der Waals surface area contributed by atoms with Crippen LogP contribution in [-0.4, -0.2) is 9.91 Å². The molecule has 0 saturated heterocycles. The predicted molar refractivity (Wildman–Crippen MR) is 82.8 cm³/mol. The van der Waals surface area contributed by atoms with Crippen LogP contribution < -0.4 is 5.73 Å². The highest BCUT2D eigenvalue weighted by Gasteiger charge is 2.26. The van der Waals surface area contributed by atoms with Crippen molar-refractivity contribution in [2.24, 2.45) is 5.73 Å². The molecule has 0 spiro atoms. The fraction of sp³-hybridized carbons (Fsp3) is 0.125. The number of H-pyrrole nitrogens is 1. The van der Waals surface area contributed by atoms with Gasteiger partial charge in [-0.2, -0.15) is 0 Å². The molecule has 5 nitrogen and oxygen atoms in total. The quantitative estimate of drug-likeness (QED) is 0.502. The van der Waals surface area contributed by atoms with Gasteiger partial charge in [0.05, 0.1) is 10.8 Å². The molecule has 3 N–H and O–H groups in total. The zero-order chi connectivity index (χ0) is 16.1. The number of aromatic nitrogens is 1. The normalized spacial score (nSPS) is 13.5. The number of rotatable bonds is 5. The van der Waals surface area contributed by atoms with E-state index in [0.717, 1.165) is 18.2 Å². The summed E-state index contributed by atoms with van der Waals surface area (Å²) < 4.78 is 13.6. The Hall–Kier alpha value is -2.89. The average molecular weight is 301 g/mol. The van der Waals surface area contributed by atoms with E-state index in [9.17, 15) is 14.5 Å². The van der Waals surface area contributed by atoms with Crippen LogP contribution >= 0.6 is 0 Å². The van der Waals surface area contributed by atoms with E-state index in [1.54, 1.807) is 36.6 Å². The van der Waals surface area contributed by atoms with E-state index in [1.165, 1.54) is 0 Å². The van der Waals surface area contributed by atoms with Crippen molar-refractivity contribution >= 4 is 5.69 Å². The highest BCUT2D eigenvalue weighted by molar-refractivity contribution is 5.50. The lowest BCUT2D eigenvalue weighted by atomic mass is 9.91. The van der Waals surface area contributed by atoms with Gasteiger partial charge in [-0.25, -0.2) is 4.39 Å². The zero-order valence-corrected chi connectivity index (χ0v) is 12.0. The molecule has 0 fully saturated rings. The Labute approximate surface area is 127 Å². The number of nitrogens with two attached hydrogens (primary N) is 1. The number of aromatic amines is 1. The van der Waals surface area contributed by atoms with Gasteiger partial charge in [-0.15, -0.1) is 0 Å². The van der Waals surface area contributed by atoms with E-state index in [4.69, 9.17) is 5.73 Å². The van der Waals surface area contributed by atoms with Crippen molar-refractivity contribution in [3.63, 3.8) is 0 Å². The number of nitro benzene ring substituents is 1. The minimum Gasteiger partial charge on any atom is -0.401 e. The van der Waals surface area contributed by atoms with Crippen molar-refractivity contribution in [1.82, 2.24) is 4.98 Å². The molecule has 22 heavy (non-hydrogen) atoms. The second-order valence-corrected chi connectivity index (χ2v) is 4.71. The fourth-order valence-electron chi connectivity index (χ4n) is 2.28. The molecule has 0 saturated carbocycles. The zero-order valence-electron chi connectivity index (χ0n) is 12.0. The average Bonchev–Trinajstić information content (AvgIpc) is 2.99. The lowest BCUT2D eigenvalue weighted by Gasteiger charge is -2.17. The number of allylic oxidation sites excluding steroid dienone is 4. The summed E-state index contributed by atoms with van der Waals surface area (Å²) in [5.41, 5.74) is 7.18. The van der Waals surface area contributed by atoms with Gasteiger partial charge >= 0.3 is 0 Å². The SMILES string of the molecule is C/C=C\C=C(/N)C(c1ccc[nH]1)c1cc(F)ccc1[N+](=O)[O-]. The predicted octanol–water partition coefficient (Wildman–Crippen LogP) is 3.61. The van der Waals surface area contributed by atoms with Gasteiger partial charge in [0, 0.05) is 29.2 Å².